The number of nitrogens with zero attached hydrogens (tertiary/aromatic N) is 1. The number of rotatable bonds is 3. The number of halogens is 2. The standard InChI is InChI=1S/C14H22F2N2O2/c1-9(2)11-12(19)17-14(6-4-3-5-7-14)13(20)18(11)8-10(15)16/h9-11H,3-8H2,1-2H3,(H,17,19). The van der Waals surface area contributed by atoms with E-state index in [0.29, 0.717) is 12.8 Å². The maximum atomic E-state index is 12.8. The largest absolute Gasteiger partial charge is 0.340 e. The van der Waals surface area contributed by atoms with Gasteiger partial charge in [0.2, 0.25) is 11.8 Å². The minimum Gasteiger partial charge on any atom is -0.340 e. The fraction of sp³-hybridized carbons (Fsp3) is 0.857. The molecule has 2 rings (SSSR count). The van der Waals surface area contributed by atoms with Crippen LogP contribution in [0.4, 0.5) is 8.78 Å². The lowest BCUT2D eigenvalue weighted by Crippen LogP contribution is -2.72. The van der Waals surface area contributed by atoms with Crippen LogP contribution in [0.2, 0.25) is 0 Å². The van der Waals surface area contributed by atoms with Crippen LogP contribution in [0.25, 0.3) is 0 Å². The number of carbonyl (C=O) groups is 2. The summed E-state index contributed by atoms with van der Waals surface area (Å²) >= 11 is 0. The van der Waals surface area contributed by atoms with Crippen LogP contribution in [-0.2, 0) is 9.59 Å². The van der Waals surface area contributed by atoms with Crippen molar-refractivity contribution in [3.05, 3.63) is 0 Å². The molecule has 114 valence electrons. The van der Waals surface area contributed by atoms with Gasteiger partial charge in [0.25, 0.3) is 6.43 Å². The summed E-state index contributed by atoms with van der Waals surface area (Å²) in [4.78, 5) is 26.1. The van der Waals surface area contributed by atoms with Crippen molar-refractivity contribution in [3.63, 3.8) is 0 Å². The Bertz CT molecular complexity index is 393. The van der Waals surface area contributed by atoms with Gasteiger partial charge in [-0.2, -0.15) is 0 Å². The van der Waals surface area contributed by atoms with Gasteiger partial charge in [-0.3, -0.25) is 9.59 Å². The molecule has 20 heavy (non-hydrogen) atoms. The van der Waals surface area contributed by atoms with Crippen LogP contribution in [0.15, 0.2) is 0 Å². The van der Waals surface area contributed by atoms with Crippen LogP contribution in [0.5, 0.6) is 0 Å². The molecule has 1 unspecified atom stereocenters. The van der Waals surface area contributed by atoms with E-state index >= 15 is 0 Å². The van der Waals surface area contributed by atoms with Crippen LogP contribution in [0.3, 0.4) is 0 Å². The highest BCUT2D eigenvalue weighted by atomic mass is 19.3. The lowest BCUT2D eigenvalue weighted by atomic mass is 9.77. The lowest BCUT2D eigenvalue weighted by molar-refractivity contribution is -0.160. The molecular formula is C14H22F2N2O2. The van der Waals surface area contributed by atoms with E-state index in [0.717, 1.165) is 24.2 Å². The first-order valence-corrected chi connectivity index (χ1v) is 7.28. The van der Waals surface area contributed by atoms with Crippen molar-refractivity contribution in [2.75, 3.05) is 6.54 Å². The monoisotopic (exact) mass is 288 g/mol. The summed E-state index contributed by atoms with van der Waals surface area (Å²) in [6.07, 6.45) is 1.21. The zero-order valence-electron chi connectivity index (χ0n) is 12.0. The Balaban J connectivity index is 2.30. The fourth-order valence-corrected chi connectivity index (χ4v) is 3.41. The maximum Gasteiger partial charge on any atom is 0.255 e. The topological polar surface area (TPSA) is 49.4 Å². The third kappa shape index (κ3) is 2.65. The van der Waals surface area contributed by atoms with Crippen molar-refractivity contribution in [3.8, 4) is 0 Å². The summed E-state index contributed by atoms with van der Waals surface area (Å²) in [6.45, 7) is 2.89. The Morgan fingerprint density at radius 3 is 2.35 bits per heavy atom. The number of hydrogen-bond donors (Lipinski definition) is 1. The van der Waals surface area contributed by atoms with E-state index in [-0.39, 0.29) is 17.7 Å². The van der Waals surface area contributed by atoms with Crippen molar-refractivity contribution in [1.29, 1.82) is 0 Å². The van der Waals surface area contributed by atoms with Crippen LogP contribution >= 0.6 is 0 Å². The normalized spacial score (nSPS) is 26.5. The SMILES string of the molecule is CC(C)C1C(=O)NC2(CCCCC2)C(=O)N1CC(F)F. The second kappa shape index (κ2) is 5.66. The Labute approximate surface area is 117 Å². The van der Waals surface area contributed by atoms with Gasteiger partial charge in [0, 0.05) is 0 Å². The second-order valence-corrected chi connectivity index (χ2v) is 6.17. The predicted molar refractivity (Wildman–Crippen MR) is 70.3 cm³/mol. The molecule has 2 aliphatic rings. The first-order valence-electron chi connectivity index (χ1n) is 7.28. The fourth-order valence-electron chi connectivity index (χ4n) is 3.41. The Hall–Kier alpha value is -1.20. The van der Waals surface area contributed by atoms with Gasteiger partial charge < -0.3 is 10.2 Å². The van der Waals surface area contributed by atoms with Gasteiger partial charge >= 0.3 is 0 Å². The van der Waals surface area contributed by atoms with E-state index in [9.17, 15) is 18.4 Å². The summed E-state index contributed by atoms with van der Waals surface area (Å²) in [5.74, 6) is -0.795. The molecule has 1 atom stereocenters. The van der Waals surface area contributed by atoms with Crippen LogP contribution in [0, 0.1) is 5.92 Å². The molecule has 2 amide bonds. The van der Waals surface area contributed by atoms with Gasteiger partial charge in [-0.05, 0) is 18.8 Å². The van der Waals surface area contributed by atoms with Gasteiger partial charge in [0.05, 0.1) is 6.54 Å². The lowest BCUT2D eigenvalue weighted by Gasteiger charge is -2.48. The molecule has 0 aromatic carbocycles. The zero-order chi connectivity index (χ0) is 14.9. The molecule has 1 aliphatic heterocycles. The van der Waals surface area contributed by atoms with Crippen LogP contribution in [0.1, 0.15) is 46.0 Å². The molecule has 0 aromatic rings. The molecule has 6 heteroatoms. The van der Waals surface area contributed by atoms with E-state index < -0.39 is 24.6 Å². The first-order chi connectivity index (χ1) is 9.37. The molecule has 1 heterocycles. The Kier molecular flexibility index (Phi) is 4.30. The number of piperazine rings is 1. The minimum absolute atomic E-state index is 0.182. The molecule has 1 spiro atoms. The predicted octanol–water partition coefficient (Wildman–Crippen LogP) is 1.94. The molecule has 1 saturated carbocycles. The van der Waals surface area contributed by atoms with Crippen molar-refractivity contribution >= 4 is 11.8 Å². The number of nitrogens with one attached hydrogen (secondary N) is 1. The summed E-state index contributed by atoms with van der Waals surface area (Å²) in [6, 6.07) is -0.788. The van der Waals surface area contributed by atoms with E-state index in [1.807, 2.05) is 0 Å². The average Bonchev–Trinajstić information content (AvgIpc) is 2.35. The summed E-state index contributed by atoms with van der Waals surface area (Å²) in [5, 5.41) is 2.84. The second-order valence-electron chi connectivity index (χ2n) is 6.17. The molecule has 1 saturated heterocycles. The van der Waals surface area contributed by atoms with Gasteiger partial charge in [-0.1, -0.05) is 33.1 Å². The molecule has 4 nitrogen and oxygen atoms in total. The number of hydrogen-bond acceptors (Lipinski definition) is 2. The number of alkyl halides is 2. The van der Waals surface area contributed by atoms with Gasteiger partial charge in [0.1, 0.15) is 11.6 Å². The summed E-state index contributed by atoms with van der Waals surface area (Å²) in [5.41, 5.74) is -0.935. The van der Waals surface area contributed by atoms with Crippen LogP contribution in [-0.4, -0.2) is 41.3 Å². The maximum absolute atomic E-state index is 12.8. The molecule has 1 aliphatic carbocycles. The highest BCUT2D eigenvalue weighted by Crippen LogP contribution is 2.34. The molecule has 0 aromatic heterocycles. The smallest absolute Gasteiger partial charge is 0.255 e. The van der Waals surface area contributed by atoms with Gasteiger partial charge in [-0.15, -0.1) is 0 Å². The van der Waals surface area contributed by atoms with Gasteiger partial charge in [-0.25, -0.2) is 8.78 Å². The summed E-state index contributed by atoms with van der Waals surface area (Å²) < 4.78 is 25.6. The van der Waals surface area contributed by atoms with Crippen molar-refractivity contribution in [1.82, 2.24) is 10.2 Å². The number of amides is 2. The average molecular weight is 288 g/mol. The highest BCUT2D eigenvalue weighted by molar-refractivity contribution is 6.00. The van der Waals surface area contributed by atoms with Gasteiger partial charge in [0.15, 0.2) is 0 Å². The minimum atomic E-state index is -2.62. The van der Waals surface area contributed by atoms with Crippen molar-refractivity contribution in [2.45, 2.75) is 64.0 Å². The molecule has 1 N–H and O–H groups in total. The first kappa shape index (κ1) is 15.2. The van der Waals surface area contributed by atoms with Crippen molar-refractivity contribution < 1.29 is 18.4 Å². The van der Waals surface area contributed by atoms with E-state index in [2.05, 4.69) is 5.32 Å². The van der Waals surface area contributed by atoms with Crippen molar-refractivity contribution in [2.24, 2.45) is 5.92 Å². The van der Waals surface area contributed by atoms with E-state index in [4.69, 9.17) is 0 Å². The van der Waals surface area contributed by atoms with E-state index in [1.54, 1.807) is 13.8 Å². The quantitative estimate of drug-likeness (QED) is 0.863. The third-order valence-corrected chi connectivity index (χ3v) is 4.31. The molecule has 2 fully saturated rings. The van der Waals surface area contributed by atoms with Crippen LogP contribution < -0.4 is 5.32 Å². The molecular weight excluding hydrogens is 266 g/mol. The molecule has 0 radical (unpaired) electrons. The van der Waals surface area contributed by atoms with E-state index in [1.165, 1.54) is 0 Å². The third-order valence-electron chi connectivity index (χ3n) is 4.31. The Morgan fingerprint density at radius 2 is 1.85 bits per heavy atom. The number of carbonyl (C=O) groups excluding carboxylic acids is 2. The molecule has 0 bridgehead atoms. The highest BCUT2D eigenvalue weighted by Gasteiger charge is 2.52. The Morgan fingerprint density at radius 1 is 1.25 bits per heavy atom. The zero-order valence-corrected chi connectivity index (χ0v) is 12.0. The summed E-state index contributed by atoms with van der Waals surface area (Å²) in [7, 11) is 0.